The van der Waals surface area contributed by atoms with Gasteiger partial charge in [-0.15, -0.1) is 22.7 Å². The molecule has 0 unspecified atom stereocenters. The van der Waals surface area contributed by atoms with Crippen LogP contribution in [0.5, 0.6) is 0 Å². The first kappa shape index (κ1) is 18.1. The molecule has 0 amide bonds. The molecule has 6 rings (SSSR count). The molecule has 0 saturated heterocycles. The lowest BCUT2D eigenvalue weighted by atomic mass is 9.85. The molecule has 0 fully saturated rings. The summed E-state index contributed by atoms with van der Waals surface area (Å²) in [6, 6.07) is 13.4. The summed E-state index contributed by atoms with van der Waals surface area (Å²) < 4.78 is 9.90. The second-order valence-corrected chi connectivity index (χ2v) is 11.0. The van der Waals surface area contributed by atoms with Gasteiger partial charge < -0.3 is 4.42 Å². The number of hydrogen-bond donors (Lipinski definition) is 0. The van der Waals surface area contributed by atoms with E-state index in [1.54, 1.807) is 0 Å². The Balaban J connectivity index is 1.76. The summed E-state index contributed by atoms with van der Waals surface area (Å²) in [6.45, 7) is 8.96. The lowest BCUT2D eigenvalue weighted by Crippen LogP contribution is -2.11. The molecule has 0 aliphatic rings. The van der Waals surface area contributed by atoms with Gasteiger partial charge in [-0.05, 0) is 70.6 Å². The Bertz CT molecular complexity index is 1590. The van der Waals surface area contributed by atoms with Crippen molar-refractivity contribution in [2.24, 2.45) is 0 Å². The van der Waals surface area contributed by atoms with Gasteiger partial charge in [0.05, 0.1) is 12.0 Å². The topological polar surface area (TPSA) is 26.0 Å². The number of aromatic nitrogens is 1. The van der Waals surface area contributed by atoms with E-state index in [2.05, 4.69) is 69.5 Å². The zero-order valence-electron chi connectivity index (χ0n) is 17.4. The van der Waals surface area contributed by atoms with Gasteiger partial charge in [-0.1, -0.05) is 20.8 Å². The third-order valence-electron chi connectivity index (χ3n) is 5.91. The molecule has 0 radical (unpaired) electrons. The van der Waals surface area contributed by atoms with Gasteiger partial charge >= 0.3 is 0 Å². The molecule has 4 heteroatoms. The Morgan fingerprint density at radius 1 is 0.967 bits per heavy atom. The fourth-order valence-electron chi connectivity index (χ4n) is 4.41. The van der Waals surface area contributed by atoms with E-state index in [4.69, 9.17) is 9.40 Å². The Hall–Kier alpha value is -2.69. The highest BCUT2D eigenvalue weighted by atomic mass is 32.1. The minimum absolute atomic E-state index is 0.0646. The van der Waals surface area contributed by atoms with Gasteiger partial charge in [-0.2, -0.15) is 0 Å². The minimum Gasteiger partial charge on any atom is -0.463 e. The second-order valence-electron chi connectivity index (χ2n) is 8.98. The molecule has 0 atom stereocenters. The summed E-state index contributed by atoms with van der Waals surface area (Å²) in [4.78, 5) is 4.90. The molecular formula is C26H21NOS2. The summed E-state index contributed by atoms with van der Waals surface area (Å²) in [7, 11) is 0. The van der Waals surface area contributed by atoms with Gasteiger partial charge in [0.2, 0.25) is 0 Å². The van der Waals surface area contributed by atoms with Crippen LogP contribution in [0.15, 0.2) is 58.7 Å². The van der Waals surface area contributed by atoms with E-state index in [1.807, 2.05) is 35.1 Å². The summed E-state index contributed by atoms with van der Waals surface area (Å²) in [5.41, 5.74) is 5.80. The van der Waals surface area contributed by atoms with Crippen LogP contribution in [0, 0.1) is 6.92 Å². The SMILES string of the molecule is Cc1coc2c1ccc1sc3ccnc(-c4cc(C(C)(C)C)c5sccc5c4)c3c12. The molecule has 0 saturated carbocycles. The van der Waals surface area contributed by atoms with E-state index < -0.39 is 0 Å². The van der Waals surface area contributed by atoms with Gasteiger partial charge in [0.25, 0.3) is 0 Å². The van der Waals surface area contributed by atoms with Crippen molar-refractivity contribution in [2.75, 3.05) is 0 Å². The first-order valence-electron chi connectivity index (χ1n) is 10.1. The molecule has 30 heavy (non-hydrogen) atoms. The smallest absolute Gasteiger partial charge is 0.143 e. The Morgan fingerprint density at radius 2 is 1.80 bits per heavy atom. The van der Waals surface area contributed by atoms with Crippen LogP contribution in [0.25, 0.3) is 52.5 Å². The fourth-order valence-corrected chi connectivity index (χ4v) is 6.62. The summed E-state index contributed by atoms with van der Waals surface area (Å²) >= 11 is 3.64. The summed E-state index contributed by atoms with van der Waals surface area (Å²) in [5, 5.41) is 7.05. The van der Waals surface area contributed by atoms with E-state index in [1.165, 1.54) is 52.3 Å². The first-order valence-corrected chi connectivity index (χ1v) is 11.8. The third kappa shape index (κ3) is 2.50. The quantitative estimate of drug-likeness (QED) is 0.262. The number of furan rings is 1. The number of aryl methyl sites for hydroxylation is 1. The average Bonchev–Trinajstić information content (AvgIpc) is 3.42. The molecule has 0 N–H and O–H groups in total. The lowest BCUT2D eigenvalue weighted by molar-refractivity contribution is 0.597. The van der Waals surface area contributed by atoms with Crippen LogP contribution >= 0.6 is 22.7 Å². The minimum atomic E-state index is 0.0646. The molecule has 0 aliphatic heterocycles. The third-order valence-corrected chi connectivity index (χ3v) is 8.00. The van der Waals surface area contributed by atoms with Crippen LogP contribution in [0.3, 0.4) is 0 Å². The Labute approximate surface area is 182 Å². The van der Waals surface area contributed by atoms with Crippen LogP contribution in [0.2, 0.25) is 0 Å². The zero-order valence-corrected chi connectivity index (χ0v) is 19.0. The van der Waals surface area contributed by atoms with Crippen molar-refractivity contribution in [3.63, 3.8) is 0 Å². The van der Waals surface area contributed by atoms with E-state index in [9.17, 15) is 0 Å². The van der Waals surface area contributed by atoms with Crippen molar-refractivity contribution < 1.29 is 4.42 Å². The van der Waals surface area contributed by atoms with Crippen molar-refractivity contribution >= 4 is 63.9 Å². The van der Waals surface area contributed by atoms with Gasteiger partial charge in [0.15, 0.2) is 0 Å². The zero-order chi connectivity index (χ0) is 20.6. The molecule has 2 nitrogen and oxygen atoms in total. The highest BCUT2D eigenvalue weighted by Gasteiger charge is 2.22. The number of pyridine rings is 1. The predicted molar refractivity (Wildman–Crippen MR) is 131 cm³/mol. The molecular weight excluding hydrogens is 406 g/mol. The van der Waals surface area contributed by atoms with Gasteiger partial charge in [0.1, 0.15) is 5.58 Å². The van der Waals surface area contributed by atoms with Crippen LogP contribution < -0.4 is 0 Å². The standard InChI is InChI=1S/C26H21NOS2/c1-14-13-28-24-17(14)5-6-19-22(24)21-20(30-19)7-9-27-23(21)16-11-15-8-10-29-25(15)18(12-16)26(2,3)4/h5-13H,1-4H3. The molecule has 148 valence electrons. The maximum Gasteiger partial charge on any atom is 0.143 e. The lowest BCUT2D eigenvalue weighted by Gasteiger charge is -2.21. The average molecular weight is 428 g/mol. The monoisotopic (exact) mass is 427 g/mol. The maximum atomic E-state index is 6.04. The summed E-state index contributed by atoms with van der Waals surface area (Å²) in [6.07, 6.45) is 3.80. The Morgan fingerprint density at radius 3 is 2.63 bits per heavy atom. The van der Waals surface area contributed by atoms with Gasteiger partial charge in [0, 0.05) is 42.0 Å². The number of fused-ring (bicyclic) bond motifs is 6. The fraction of sp³-hybridized carbons (Fsp3) is 0.192. The van der Waals surface area contributed by atoms with E-state index >= 15 is 0 Å². The van der Waals surface area contributed by atoms with Crippen molar-refractivity contribution in [2.45, 2.75) is 33.1 Å². The number of benzene rings is 2. The molecule has 2 aromatic carbocycles. The molecule has 6 aromatic rings. The highest BCUT2D eigenvalue weighted by Crippen LogP contribution is 2.44. The number of thiophene rings is 2. The molecule has 0 aliphatic carbocycles. The van der Waals surface area contributed by atoms with Crippen molar-refractivity contribution in [1.29, 1.82) is 0 Å². The summed E-state index contributed by atoms with van der Waals surface area (Å²) in [5.74, 6) is 0. The van der Waals surface area contributed by atoms with Crippen molar-refractivity contribution in [3.05, 3.63) is 65.4 Å². The number of hydrogen-bond acceptors (Lipinski definition) is 4. The Kier molecular flexibility index (Phi) is 3.72. The van der Waals surface area contributed by atoms with E-state index in [0.717, 1.165) is 11.3 Å². The highest BCUT2D eigenvalue weighted by molar-refractivity contribution is 7.26. The number of nitrogens with zero attached hydrogens (tertiary/aromatic N) is 1. The van der Waals surface area contributed by atoms with Gasteiger partial charge in [-0.25, -0.2) is 0 Å². The van der Waals surface area contributed by atoms with E-state index in [-0.39, 0.29) is 5.41 Å². The largest absolute Gasteiger partial charge is 0.463 e. The number of rotatable bonds is 1. The predicted octanol–water partition coefficient (Wildman–Crippen LogP) is 8.68. The van der Waals surface area contributed by atoms with E-state index in [0.29, 0.717) is 0 Å². The molecule has 0 bridgehead atoms. The van der Waals surface area contributed by atoms with Gasteiger partial charge in [-0.3, -0.25) is 4.98 Å². The van der Waals surface area contributed by atoms with Crippen LogP contribution in [0.1, 0.15) is 31.9 Å². The van der Waals surface area contributed by atoms with Crippen LogP contribution in [0.4, 0.5) is 0 Å². The van der Waals surface area contributed by atoms with Crippen LogP contribution in [-0.4, -0.2) is 4.98 Å². The van der Waals surface area contributed by atoms with Crippen LogP contribution in [-0.2, 0) is 5.41 Å². The molecule has 0 spiro atoms. The first-order chi connectivity index (χ1) is 14.4. The van der Waals surface area contributed by atoms with Crippen molar-refractivity contribution in [3.8, 4) is 11.3 Å². The second kappa shape index (κ2) is 6.16. The van der Waals surface area contributed by atoms with Crippen molar-refractivity contribution in [1.82, 2.24) is 4.98 Å². The maximum absolute atomic E-state index is 6.04. The molecule has 4 heterocycles. The molecule has 4 aromatic heterocycles. The normalized spacial score (nSPS) is 12.7.